The molecule has 0 radical (unpaired) electrons. The summed E-state index contributed by atoms with van der Waals surface area (Å²) in [5.74, 6) is -0.203. The van der Waals surface area contributed by atoms with Crippen LogP contribution in [0, 0.1) is 0 Å². The normalized spacial score (nSPS) is 14.5. The van der Waals surface area contributed by atoms with Crippen LogP contribution in [0.5, 0.6) is 0 Å². The van der Waals surface area contributed by atoms with E-state index in [4.69, 9.17) is 4.74 Å². The molecule has 0 aliphatic heterocycles. The number of ether oxygens (including phenoxy) is 1. The quantitative estimate of drug-likeness (QED) is 0.692. The molecule has 0 aromatic heterocycles. The molecular weight excluding hydrogens is 188 g/mol. The first-order valence-corrected chi connectivity index (χ1v) is 5.60. The van der Waals surface area contributed by atoms with Gasteiger partial charge in [0.15, 0.2) is 0 Å². The fourth-order valence-corrected chi connectivity index (χ4v) is 2.07. The largest absolute Gasteiger partial charge is 0.462 e. The Bertz CT molecular complexity index is 369. The van der Waals surface area contributed by atoms with Gasteiger partial charge in [0, 0.05) is 0 Å². The van der Waals surface area contributed by atoms with E-state index in [1.165, 1.54) is 24.0 Å². The smallest absolute Gasteiger partial charge is 0.338 e. The average Bonchev–Trinajstić information content (AvgIpc) is 2.29. The molecule has 1 aromatic carbocycles. The number of aryl methyl sites for hydroxylation is 2. The molecule has 2 heteroatoms. The van der Waals surface area contributed by atoms with E-state index in [0.29, 0.717) is 12.2 Å². The molecule has 0 atom stereocenters. The van der Waals surface area contributed by atoms with Crippen molar-refractivity contribution in [3.05, 3.63) is 34.9 Å². The standard InChI is InChI=1S/C13H16O2/c1-2-15-13(14)12-8-7-10-5-3-4-6-11(10)9-12/h7-9H,2-6H2,1H3. The zero-order valence-corrected chi connectivity index (χ0v) is 9.08. The number of carbonyl (C=O) groups excluding carboxylic acids is 1. The number of esters is 1. The van der Waals surface area contributed by atoms with Crippen molar-refractivity contribution < 1.29 is 9.53 Å². The molecule has 0 unspecified atom stereocenters. The van der Waals surface area contributed by atoms with Crippen molar-refractivity contribution in [3.63, 3.8) is 0 Å². The Kier molecular flexibility index (Phi) is 3.05. The van der Waals surface area contributed by atoms with Crippen molar-refractivity contribution >= 4 is 5.97 Å². The van der Waals surface area contributed by atoms with E-state index >= 15 is 0 Å². The Morgan fingerprint density at radius 1 is 1.27 bits per heavy atom. The Labute approximate surface area is 90.3 Å². The maximum absolute atomic E-state index is 11.5. The van der Waals surface area contributed by atoms with Crippen LogP contribution in [0.15, 0.2) is 18.2 Å². The van der Waals surface area contributed by atoms with Gasteiger partial charge in [0.2, 0.25) is 0 Å². The van der Waals surface area contributed by atoms with E-state index in [2.05, 4.69) is 6.07 Å². The summed E-state index contributed by atoms with van der Waals surface area (Å²) in [6, 6.07) is 5.94. The molecule has 0 spiro atoms. The van der Waals surface area contributed by atoms with Crippen LogP contribution in [0.4, 0.5) is 0 Å². The van der Waals surface area contributed by atoms with Crippen LogP contribution < -0.4 is 0 Å². The zero-order chi connectivity index (χ0) is 10.7. The van der Waals surface area contributed by atoms with Gasteiger partial charge >= 0.3 is 5.97 Å². The SMILES string of the molecule is CCOC(=O)c1ccc2c(c1)CCCC2. The third kappa shape index (κ3) is 2.20. The van der Waals surface area contributed by atoms with Crippen molar-refractivity contribution in [2.75, 3.05) is 6.61 Å². The third-order valence-electron chi connectivity index (χ3n) is 2.86. The fraction of sp³-hybridized carbons (Fsp3) is 0.462. The van der Waals surface area contributed by atoms with Gasteiger partial charge in [0.05, 0.1) is 12.2 Å². The number of hydrogen-bond donors (Lipinski definition) is 0. The van der Waals surface area contributed by atoms with Gasteiger partial charge in [-0.3, -0.25) is 0 Å². The van der Waals surface area contributed by atoms with Crippen molar-refractivity contribution in [1.29, 1.82) is 0 Å². The molecule has 0 amide bonds. The summed E-state index contributed by atoms with van der Waals surface area (Å²) in [4.78, 5) is 11.5. The van der Waals surface area contributed by atoms with Gasteiger partial charge in [0.25, 0.3) is 0 Å². The number of hydrogen-bond acceptors (Lipinski definition) is 2. The summed E-state index contributed by atoms with van der Waals surface area (Å²) < 4.78 is 4.98. The van der Waals surface area contributed by atoms with Gasteiger partial charge in [0.1, 0.15) is 0 Å². The van der Waals surface area contributed by atoms with Crippen LogP contribution in [-0.4, -0.2) is 12.6 Å². The van der Waals surface area contributed by atoms with Gasteiger partial charge < -0.3 is 4.74 Å². The van der Waals surface area contributed by atoms with E-state index in [9.17, 15) is 4.79 Å². The predicted octanol–water partition coefficient (Wildman–Crippen LogP) is 2.74. The molecule has 0 bridgehead atoms. The Morgan fingerprint density at radius 2 is 2.00 bits per heavy atom. The minimum atomic E-state index is -0.203. The van der Waals surface area contributed by atoms with Gasteiger partial charge in [-0.25, -0.2) is 4.79 Å². The molecule has 1 aliphatic carbocycles. The lowest BCUT2D eigenvalue weighted by Gasteiger charge is -2.16. The van der Waals surface area contributed by atoms with Crippen LogP contribution in [-0.2, 0) is 17.6 Å². The first-order valence-electron chi connectivity index (χ1n) is 5.60. The molecule has 0 saturated heterocycles. The Hall–Kier alpha value is -1.31. The highest BCUT2D eigenvalue weighted by Crippen LogP contribution is 2.22. The lowest BCUT2D eigenvalue weighted by Crippen LogP contribution is -2.08. The van der Waals surface area contributed by atoms with E-state index < -0.39 is 0 Å². The van der Waals surface area contributed by atoms with Crippen molar-refractivity contribution in [1.82, 2.24) is 0 Å². The third-order valence-corrected chi connectivity index (χ3v) is 2.86. The second-order valence-corrected chi connectivity index (χ2v) is 3.91. The maximum Gasteiger partial charge on any atom is 0.338 e. The first-order chi connectivity index (χ1) is 7.31. The van der Waals surface area contributed by atoms with E-state index in [0.717, 1.165) is 12.8 Å². The molecule has 0 fully saturated rings. The predicted molar refractivity (Wildman–Crippen MR) is 59.0 cm³/mol. The van der Waals surface area contributed by atoms with Gasteiger partial charge in [-0.2, -0.15) is 0 Å². The topological polar surface area (TPSA) is 26.3 Å². The molecule has 2 rings (SSSR count). The summed E-state index contributed by atoms with van der Waals surface area (Å²) in [5.41, 5.74) is 3.42. The van der Waals surface area contributed by atoms with Crippen molar-refractivity contribution in [2.45, 2.75) is 32.6 Å². The number of benzene rings is 1. The molecule has 0 heterocycles. The Balaban J connectivity index is 2.24. The van der Waals surface area contributed by atoms with Crippen molar-refractivity contribution in [3.8, 4) is 0 Å². The van der Waals surface area contributed by atoms with Crippen LogP contribution >= 0.6 is 0 Å². The molecule has 1 aliphatic rings. The summed E-state index contributed by atoms with van der Waals surface area (Å²) in [5, 5.41) is 0. The van der Waals surface area contributed by atoms with E-state index in [-0.39, 0.29) is 5.97 Å². The molecule has 80 valence electrons. The van der Waals surface area contributed by atoms with Crippen LogP contribution in [0.3, 0.4) is 0 Å². The molecule has 15 heavy (non-hydrogen) atoms. The number of carbonyl (C=O) groups is 1. The van der Waals surface area contributed by atoms with Crippen LogP contribution in [0.1, 0.15) is 41.3 Å². The minimum absolute atomic E-state index is 0.203. The number of fused-ring (bicyclic) bond motifs is 1. The highest BCUT2D eigenvalue weighted by Gasteiger charge is 2.12. The highest BCUT2D eigenvalue weighted by molar-refractivity contribution is 5.89. The van der Waals surface area contributed by atoms with E-state index in [1.54, 1.807) is 0 Å². The zero-order valence-electron chi connectivity index (χ0n) is 9.08. The second-order valence-electron chi connectivity index (χ2n) is 3.91. The number of rotatable bonds is 2. The van der Waals surface area contributed by atoms with Gasteiger partial charge in [-0.15, -0.1) is 0 Å². The second kappa shape index (κ2) is 4.47. The fourth-order valence-electron chi connectivity index (χ4n) is 2.07. The summed E-state index contributed by atoms with van der Waals surface area (Å²) in [6.07, 6.45) is 4.76. The molecule has 2 nitrogen and oxygen atoms in total. The van der Waals surface area contributed by atoms with Crippen LogP contribution in [0.25, 0.3) is 0 Å². The molecule has 0 N–H and O–H groups in total. The van der Waals surface area contributed by atoms with E-state index in [1.807, 2.05) is 19.1 Å². The first kappa shape index (κ1) is 10.2. The Morgan fingerprint density at radius 3 is 2.73 bits per heavy atom. The summed E-state index contributed by atoms with van der Waals surface area (Å²) >= 11 is 0. The monoisotopic (exact) mass is 204 g/mol. The highest BCUT2D eigenvalue weighted by atomic mass is 16.5. The van der Waals surface area contributed by atoms with Gasteiger partial charge in [-0.05, 0) is 55.9 Å². The van der Waals surface area contributed by atoms with Crippen LogP contribution in [0.2, 0.25) is 0 Å². The molecule has 0 saturated carbocycles. The molecular formula is C13H16O2. The lowest BCUT2D eigenvalue weighted by atomic mass is 9.90. The summed E-state index contributed by atoms with van der Waals surface area (Å²) in [6.45, 7) is 2.27. The maximum atomic E-state index is 11.5. The minimum Gasteiger partial charge on any atom is -0.462 e. The average molecular weight is 204 g/mol. The summed E-state index contributed by atoms with van der Waals surface area (Å²) in [7, 11) is 0. The lowest BCUT2D eigenvalue weighted by molar-refractivity contribution is 0.0526. The van der Waals surface area contributed by atoms with Gasteiger partial charge in [-0.1, -0.05) is 6.07 Å². The van der Waals surface area contributed by atoms with Crippen molar-refractivity contribution in [2.24, 2.45) is 0 Å². The molecule has 1 aromatic rings.